The van der Waals surface area contributed by atoms with Gasteiger partial charge in [-0.3, -0.25) is 0 Å². The van der Waals surface area contributed by atoms with Crippen LogP contribution in [0.15, 0.2) is 36.5 Å². The van der Waals surface area contributed by atoms with Crippen molar-refractivity contribution >= 4 is 0 Å². The molecule has 48 heavy (non-hydrogen) atoms. The second-order valence-electron chi connectivity index (χ2n) is 15.3. The Balaban J connectivity index is 1.56. The normalized spacial score (nSPS) is 11.5. The fourth-order valence-corrected chi connectivity index (χ4v) is 7.45. The van der Waals surface area contributed by atoms with E-state index in [1.807, 2.05) is 0 Å². The third-order valence-electron chi connectivity index (χ3n) is 10.7. The number of hydrogen-bond acceptors (Lipinski definition) is 1. The molecule has 1 aromatic heterocycles. The molecule has 0 fully saturated rings. The van der Waals surface area contributed by atoms with Gasteiger partial charge in [-0.1, -0.05) is 224 Å². The molecule has 0 saturated carbocycles. The van der Waals surface area contributed by atoms with Crippen LogP contribution in [0.2, 0.25) is 0 Å². The molecule has 0 aliphatic rings. The van der Waals surface area contributed by atoms with Crippen LogP contribution in [-0.4, -0.2) is 9.55 Å². The van der Waals surface area contributed by atoms with Crippen LogP contribution < -0.4 is 0 Å². The third kappa shape index (κ3) is 24.5. The number of aryl methyl sites for hydroxylation is 4. The summed E-state index contributed by atoms with van der Waals surface area (Å²) in [6.07, 6.45) is 49.9. The highest BCUT2D eigenvalue weighted by molar-refractivity contribution is 5.15. The summed E-state index contributed by atoms with van der Waals surface area (Å²) < 4.78 is 2.55. The van der Waals surface area contributed by atoms with E-state index < -0.39 is 0 Å². The molecule has 1 aromatic carbocycles. The lowest BCUT2D eigenvalue weighted by Crippen LogP contribution is -2.03. The van der Waals surface area contributed by atoms with Gasteiger partial charge in [0.15, 0.2) is 0 Å². The van der Waals surface area contributed by atoms with Crippen molar-refractivity contribution < 1.29 is 0 Å². The maximum absolute atomic E-state index is 5.20. The fourth-order valence-electron chi connectivity index (χ4n) is 7.45. The van der Waals surface area contributed by atoms with Gasteiger partial charge in [0.1, 0.15) is 5.82 Å². The molecule has 0 atom stereocenters. The summed E-state index contributed by atoms with van der Waals surface area (Å²) in [6.45, 7) is 5.78. The van der Waals surface area contributed by atoms with Crippen molar-refractivity contribution in [2.45, 2.75) is 239 Å². The van der Waals surface area contributed by atoms with Gasteiger partial charge in [-0.2, -0.15) is 0 Å². The summed E-state index contributed by atoms with van der Waals surface area (Å²) in [5.74, 6) is 1.37. The van der Waals surface area contributed by atoms with E-state index in [-0.39, 0.29) is 0 Å². The van der Waals surface area contributed by atoms with Gasteiger partial charge in [-0.25, -0.2) is 4.98 Å². The molecular weight excluding hydrogens is 581 g/mol. The number of benzene rings is 1. The first-order valence-corrected chi connectivity index (χ1v) is 21.9. The van der Waals surface area contributed by atoms with E-state index >= 15 is 0 Å². The quantitative estimate of drug-likeness (QED) is 0.0664. The number of hydrogen-bond donors (Lipinski definition) is 0. The van der Waals surface area contributed by atoms with Crippen LogP contribution in [0.25, 0.3) is 0 Å². The van der Waals surface area contributed by atoms with Crippen molar-refractivity contribution in [3.63, 3.8) is 0 Å². The van der Waals surface area contributed by atoms with E-state index in [1.165, 1.54) is 216 Å². The molecule has 2 heteroatoms. The minimum Gasteiger partial charge on any atom is -0.335 e. The highest BCUT2D eigenvalue weighted by Crippen LogP contribution is 2.18. The van der Waals surface area contributed by atoms with Crippen molar-refractivity contribution in [3.8, 4) is 0 Å². The second-order valence-corrected chi connectivity index (χ2v) is 15.3. The van der Waals surface area contributed by atoms with E-state index in [0.717, 1.165) is 25.8 Å². The molecule has 0 radical (unpaired) electrons. The lowest BCUT2D eigenvalue weighted by atomic mass is 10.0. The maximum atomic E-state index is 5.20. The van der Waals surface area contributed by atoms with Gasteiger partial charge < -0.3 is 4.57 Å². The van der Waals surface area contributed by atoms with Crippen LogP contribution >= 0.6 is 0 Å². The second kappa shape index (κ2) is 32.6. The summed E-state index contributed by atoms with van der Waals surface area (Å²) in [6, 6.07) is 11.0. The molecule has 0 unspecified atom stereocenters. The molecule has 0 bridgehead atoms. The van der Waals surface area contributed by atoms with Crippen molar-refractivity contribution in [3.05, 3.63) is 53.6 Å². The van der Waals surface area contributed by atoms with Crippen LogP contribution in [0.5, 0.6) is 0 Å². The minimum atomic E-state index is 1.10. The summed E-state index contributed by atoms with van der Waals surface area (Å²) in [5, 5.41) is 0. The fraction of sp³-hybridized carbons (Fsp3) is 0.804. The maximum Gasteiger partial charge on any atom is 0.108 e. The molecule has 0 amide bonds. The molecule has 2 aromatic rings. The molecule has 0 saturated heterocycles. The first-order chi connectivity index (χ1) is 23.8. The lowest BCUT2D eigenvalue weighted by Gasteiger charge is -2.08. The Hall–Kier alpha value is -1.57. The monoisotopic (exact) mass is 663 g/mol. The molecule has 1 heterocycles. The van der Waals surface area contributed by atoms with E-state index in [4.69, 9.17) is 4.98 Å². The number of unbranched alkanes of at least 4 members (excludes halogenated alkanes) is 28. The van der Waals surface area contributed by atoms with Crippen molar-refractivity contribution in [1.82, 2.24) is 9.55 Å². The summed E-state index contributed by atoms with van der Waals surface area (Å²) in [4.78, 5) is 5.20. The number of imidazole rings is 1. The van der Waals surface area contributed by atoms with E-state index in [0.29, 0.717) is 0 Å². The van der Waals surface area contributed by atoms with E-state index in [1.54, 1.807) is 0 Å². The number of aromatic nitrogens is 2. The summed E-state index contributed by atoms with van der Waals surface area (Å²) in [5.41, 5.74) is 2.77. The highest BCUT2D eigenvalue weighted by atomic mass is 15.1. The van der Waals surface area contributed by atoms with Gasteiger partial charge >= 0.3 is 0 Å². The van der Waals surface area contributed by atoms with Crippen molar-refractivity contribution in [2.24, 2.45) is 0 Å². The summed E-state index contributed by atoms with van der Waals surface area (Å²) in [7, 11) is 0. The van der Waals surface area contributed by atoms with Gasteiger partial charge in [0, 0.05) is 19.2 Å². The largest absolute Gasteiger partial charge is 0.335 e. The predicted molar refractivity (Wildman–Crippen MR) is 214 cm³/mol. The number of nitrogens with zero attached hydrogens (tertiary/aromatic N) is 2. The van der Waals surface area contributed by atoms with Crippen LogP contribution in [0.4, 0.5) is 0 Å². The Morgan fingerprint density at radius 2 is 0.792 bits per heavy atom. The minimum absolute atomic E-state index is 1.10. The Bertz CT molecular complexity index is 864. The van der Waals surface area contributed by atoms with Gasteiger partial charge in [-0.05, 0) is 37.7 Å². The van der Waals surface area contributed by atoms with Gasteiger partial charge in [0.25, 0.3) is 0 Å². The van der Waals surface area contributed by atoms with Crippen molar-refractivity contribution in [1.29, 1.82) is 0 Å². The lowest BCUT2D eigenvalue weighted by molar-refractivity contribution is 0.514. The smallest absolute Gasteiger partial charge is 0.108 e. The Kier molecular flexibility index (Phi) is 29.0. The first kappa shape index (κ1) is 42.6. The zero-order chi connectivity index (χ0) is 34.0. The van der Waals surface area contributed by atoms with Gasteiger partial charge in [-0.15, -0.1) is 0 Å². The van der Waals surface area contributed by atoms with Crippen molar-refractivity contribution in [2.75, 3.05) is 0 Å². The number of rotatable bonds is 36. The molecular formula is C46H82N2. The highest BCUT2D eigenvalue weighted by Gasteiger charge is 2.09. The average Bonchev–Trinajstić information content (AvgIpc) is 3.49. The molecule has 2 rings (SSSR count). The summed E-state index contributed by atoms with van der Waals surface area (Å²) >= 11 is 0. The Labute approximate surface area is 301 Å². The third-order valence-corrected chi connectivity index (χ3v) is 10.7. The van der Waals surface area contributed by atoms with E-state index in [9.17, 15) is 0 Å². The van der Waals surface area contributed by atoms with Crippen LogP contribution in [0, 0.1) is 0 Å². The molecule has 0 aliphatic heterocycles. The van der Waals surface area contributed by atoms with Gasteiger partial charge in [0.2, 0.25) is 0 Å². The Morgan fingerprint density at radius 3 is 1.23 bits per heavy atom. The van der Waals surface area contributed by atoms with Crippen LogP contribution in [-0.2, 0) is 25.8 Å². The average molecular weight is 663 g/mol. The molecule has 0 spiro atoms. The molecule has 0 N–H and O–H groups in total. The van der Waals surface area contributed by atoms with Gasteiger partial charge in [0.05, 0.1) is 5.69 Å². The van der Waals surface area contributed by atoms with E-state index in [2.05, 4.69) is 54.9 Å². The Morgan fingerprint density at radius 1 is 0.396 bits per heavy atom. The van der Waals surface area contributed by atoms with Crippen LogP contribution in [0.1, 0.15) is 230 Å². The standard InChI is InChI=1S/C46H82N2/c1-3-5-7-9-11-13-15-17-19-21-23-25-27-29-34-41-46-47-45(40-36-39-44-37-32-31-33-38-44)43-48(46)42-35-30-28-26-24-22-20-18-16-14-12-10-8-6-4-2/h31-33,37-38,43H,3-30,34-36,39-42H2,1-2H3. The zero-order valence-corrected chi connectivity index (χ0v) is 32.6. The molecule has 276 valence electrons. The first-order valence-electron chi connectivity index (χ1n) is 21.9. The molecule has 2 nitrogen and oxygen atoms in total. The SMILES string of the molecule is CCCCCCCCCCCCCCCCCc1nc(CCCc2ccccc2)cn1CCCCCCCCCCCCCCCCC. The molecule has 0 aliphatic carbocycles. The zero-order valence-electron chi connectivity index (χ0n) is 32.6. The predicted octanol–water partition coefficient (Wildman–Crippen LogP) is 15.3. The van der Waals surface area contributed by atoms with Crippen LogP contribution in [0.3, 0.4) is 0 Å². The topological polar surface area (TPSA) is 17.8 Å².